The van der Waals surface area contributed by atoms with E-state index >= 15 is 0 Å². The summed E-state index contributed by atoms with van der Waals surface area (Å²) < 4.78 is 5.05. The standard InChI is InChI=1S/C10H14N2O3/c1-6(7(13)11-2)8-12-10(4-3-5-10)9(14)15-8/h6H,3-5H2,1-2H3,(H,11,13)/t6-/m1/s1. The topological polar surface area (TPSA) is 67.8 Å². The third-order valence-electron chi connectivity index (χ3n) is 3.09. The van der Waals surface area contributed by atoms with Gasteiger partial charge in [0.15, 0.2) is 5.54 Å². The molecule has 1 fully saturated rings. The highest BCUT2D eigenvalue weighted by Gasteiger charge is 2.51. The lowest BCUT2D eigenvalue weighted by Crippen LogP contribution is -2.40. The van der Waals surface area contributed by atoms with Crippen molar-refractivity contribution in [3.8, 4) is 0 Å². The van der Waals surface area contributed by atoms with Crippen LogP contribution in [-0.2, 0) is 14.3 Å². The second-order valence-electron chi connectivity index (χ2n) is 4.06. The second-order valence-corrected chi connectivity index (χ2v) is 4.06. The van der Waals surface area contributed by atoms with Crippen LogP contribution >= 0.6 is 0 Å². The normalized spacial score (nSPS) is 24.1. The number of carbonyl (C=O) groups is 2. The average Bonchev–Trinajstić information content (AvgIpc) is 2.53. The van der Waals surface area contributed by atoms with Crippen LogP contribution in [0.25, 0.3) is 0 Å². The molecule has 15 heavy (non-hydrogen) atoms. The molecule has 1 amide bonds. The molecule has 0 aromatic carbocycles. The summed E-state index contributed by atoms with van der Waals surface area (Å²) in [5, 5.41) is 2.51. The molecule has 1 aliphatic carbocycles. The maximum Gasteiger partial charge on any atom is 0.340 e. The highest BCUT2D eigenvalue weighted by atomic mass is 16.6. The van der Waals surface area contributed by atoms with Crippen LogP contribution in [0.2, 0.25) is 0 Å². The molecule has 0 aromatic heterocycles. The van der Waals surface area contributed by atoms with Crippen molar-refractivity contribution in [2.45, 2.75) is 31.7 Å². The minimum atomic E-state index is -0.641. The summed E-state index contributed by atoms with van der Waals surface area (Å²) in [4.78, 5) is 27.1. The lowest BCUT2D eigenvalue weighted by molar-refractivity contribution is -0.142. The molecular formula is C10H14N2O3. The number of cyclic esters (lactones) is 1. The van der Waals surface area contributed by atoms with Crippen LogP contribution in [0.3, 0.4) is 0 Å². The molecule has 0 aromatic rings. The van der Waals surface area contributed by atoms with Crippen LogP contribution in [0.4, 0.5) is 0 Å². The van der Waals surface area contributed by atoms with Gasteiger partial charge in [-0.2, -0.15) is 0 Å². The van der Waals surface area contributed by atoms with Crippen molar-refractivity contribution < 1.29 is 14.3 Å². The molecule has 2 rings (SSSR count). The van der Waals surface area contributed by atoms with Crippen LogP contribution in [0.5, 0.6) is 0 Å². The summed E-state index contributed by atoms with van der Waals surface area (Å²) in [6, 6.07) is 0. The zero-order valence-corrected chi connectivity index (χ0v) is 8.87. The van der Waals surface area contributed by atoms with Gasteiger partial charge in [0.05, 0.1) is 0 Å². The fraction of sp³-hybridized carbons (Fsp3) is 0.700. The Bertz CT molecular complexity index is 345. The minimum Gasteiger partial charge on any atom is -0.409 e. The molecule has 5 heteroatoms. The summed E-state index contributed by atoms with van der Waals surface area (Å²) in [6.07, 6.45) is 2.49. The summed E-state index contributed by atoms with van der Waals surface area (Å²) >= 11 is 0. The van der Waals surface area contributed by atoms with Gasteiger partial charge in [-0.25, -0.2) is 9.79 Å². The van der Waals surface area contributed by atoms with Gasteiger partial charge in [-0.3, -0.25) is 4.79 Å². The Morgan fingerprint density at radius 3 is 2.67 bits per heavy atom. The van der Waals surface area contributed by atoms with Gasteiger partial charge < -0.3 is 10.1 Å². The molecule has 0 bridgehead atoms. The van der Waals surface area contributed by atoms with Crippen LogP contribution < -0.4 is 5.32 Å². The number of carbonyl (C=O) groups excluding carboxylic acids is 2. The monoisotopic (exact) mass is 210 g/mol. The quantitative estimate of drug-likeness (QED) is 0.664. The van der Waals surface area contributed by atoms with E-state index in [1.165, 1.54) is 0 Å². The van der Waals surface area contributed by atoms with Crippen molar-refractivity contribution in [1.29, 1.82) is 0 Å². The molecule has 1 heterocycles. The second kappa shape index (κ2) is 3.32. The third-order valence-corrected chi connectivity index (χ3v) is 3.09. The number of aliphatic imine (C=N–C) groups is 1. The Morgan fingerprint density at radius 2 is 2.27 bits per heavy atom. The largest absolute Gasteiger partial charge is 0.409 e. The number of hydrogen-bond acceptors (Lipinski definition) is 4. The molecule has 1 spiro atoms. The number of esters is 1. The Labute approximate surface area is 87.9 Å². The fourth-order valence-corrected chi connectivity index (χ4v) is 1.81. The van der Waals surface area contributed by atoms with Crippen molar-refractivity contribution in [2.75, 3.05) is 7.05 Å². The van der Waals surface area contributed by atoms with Crippen molar-refractivity contribution in [2.24, 2.45) is 10.9 Å². The van der Waals surface area contributed by atoms with E-state index in [9.17, 15) is 9.59 Å². The Hall–Kier alpha value is -1.39. The van der Waals surface area contributed by atoms with Gasteiger partial charge >= 0.3 is 5.97 Å². The zero-order chi connectivity index (χ0) is 11.1. The number of nitrogens with zero attached hydrogens (tertiary/aromatic N) is 1. The smallest absolute Gasteiger partial charge is 0.340 e. The predicted octanol–water partition coefficient (Wildman–Crippen LogP) is 0.246. The van der Waals surface area contributed by atoms with Gasteiger partial charge in [-0.15, -0.1) is 0 Å². The molecule has 0 saturated heterocycles. The van der Waals surface area contributed by atoms with E-state index in [-0.39, 0.29) is 17.8 Å². The van der Waals surface area contributed by atoms with E-state index in [1.54, 1.807) is 14.0 Å². The van der Waals surface area contributed by atoms with Gasteiger partial charge in [0.1, 0.15) is 5.92 Å². The first kappa shape index (κ1) is 10.1. The summed E-state index contributed by atoms with van der Waals surface area (Å²) in [7, 11) is 1.55. The maximum absolute atomic E-state index is 11.5. The first-order valence-electron chi connectivity index (χ1n) is 5.13. The molecule has 1 aliphatic heterocycles. The van der Waals surface area contributed by atoms with Gasteiger partial charge in [-0.1, -0.05) is 0 Å². The Morgan fingerprint density at radius 1 is 1.60 bits per heavy atom. The Kier molecular flexibility index (Phi) is 2.25. The van der Waals surface area contributed by atoms with E-state index in [0.717, 1.165) is 19.3 Å². The summed E-state index contributed by atoms with van der Waals surface area (Å²) in [6.45, 7) is 1.68. The summed E-state index contributed by atoms with van der Waals surface area (Å²) in [5.41, 5.74) is -0.641. The molecule has 1 saturated carbocycles. The van der Waals surface area contributed by atoms with E-state index in [1.807, 2.05) is 0 Å². The van der Waals surface area contributed by atoms with Crippen molar-refractivity contribution >= 4 is 17.8 Å². The van der Waals surface area contributed by atoms with Crippen LogP contribution in [-0.4, -0.2) is 30.4 Å². The molecular weight excluding hydrogens is 196 g/mol. The predicted molar refractivity (Wildman–Crippen MR) is 53.3 cm³/mol. The highest BCUT2D eigenvalue weighted by molar-refractivity contribution is 6.08. The minimum absolute atomic E-state index is 0.182. The SMILES string of the molecule is CNC(=O)[C@@H](C)C1=NC2(CCC2)C(=O)O1. The number of hydrogen-bond donors (Lipinski definition) is 1. The fourth-order valence-electron chi connectivity index (χ4n) is 1.81. The zero-order valence-electron chi connectivity index (χ0n) is 8.87. The molecule has 1 N–H and O–H groups in total. The first-order valence-corrected chi connectivity index (χ1v) is 5.13. The summed E-state index contributed by atoms with van der Waals surface area (Å²) in [5.74, 6) is -0.699. The molecule has 2 aliphatic rings. The van der Waals surface area contributed by atoms with Crippen molar-refractivity contribution in [3.05, 3.63) is 0 Å². The molecule has 1 atom stereocenters. The van der Waals surface area contributed by atoms with Gasteiger partial charge in [-0.05, 0) is 26.2 Å². The van der Waals surface area contributed by atoms with Crippen molar-refractivity contribution in [3.63, 3.8) is 0 Å². The van der Waals surface area contributed by atoms with Gasteiger partial charge in [0.2, 0.25) is 11.8 Å². The molecule has 5 nitrogen and oxygen atoms in total. The Balaban J connectivity index is 2.15. The van der Waals surface area contributed by atoms with Crippen LogP contribution in [0.15, 0.2) is 4.99 Å². The van der Waals surface area contributed by atoms with E-state index < -0.39 is 11.5 Å². The van der Waals surface area contributed by atoms with Crippen molar-refractivity contribution in [1.82, 2.24) is 5.32 Å². The van der Waals surface area contributed by atoms with Gasteiger partial charge in [0.25, 0.3) is 0 Å². The van der Waals surface area contributed by atoms with Crippen LogP contribution in [0.1, 0.15) is 26.2 Å². The van der Waals surface area contributed by atoms with E-state index in [4.69, 9.17) is 4.74 Å². The van der Waals surface area contributed by atoms with E-state index in [2.05, 4.69) is 10.3 Å². The average molecular weight is 210 g/mol. The lowest BCUT2D eigenvalue weighted by atomic mass is 9.78. The maximum atomic E-state index is 11.5. The number of ether oxygens (including phenoxy) is 1. The number of nitrogens with one attached hydrogen (secondary N) is 1. The molecule has 0 radical (unpaired) electrons. The van der Waals surface area contributed by atoms with Crippen LogP contribution in [0, 0.1) is 5.92 Å². The number of amides is 1. The molecule has 0 unspecified atom stereocenters. The third kappa shape index (κ3) is 1.42. The van der Waals surface area contributed by atoms with Gasteiger partial charge in [0, 0.05) is 7.05 Å². The van der Waals surface area contributed by atoms with E-state index in [0.29, 0.717) is 0 Å². The highest BCUT2D eigenvalue weighted by Crippen LogP contribution is 2.40. The number of rotatable bonds is 2. The first-order chi connectivity index (χ1) is 7.09. The molecule has 82 valence electrons. The lowest BCUT2D eigenvalue weighted by Gasteiger charge is -2.30.